The van der Waals surface area contributed by atoms with Crippen molar-refractivity contribution >= 4 is 11.6 Å². The highest BCUT2D eigenvalue weighted by molar-refractivity contribution is 6.29. The number of ether oxygens (including phenoxy) is 1. The Morgan fingerprint density at radius 3 is 2.84 bits per heavy atom. The van der Waals surface area contributed by atoms with Crippen LogP contribution in [0.5, 0.6) is 5.75 Å². The predicted octanol–water partition coefficient (Wildman–Crippen LogP) is 3.61. The minimum Gasteiger partial charge on any atom is -0.497 e. The first-order valence-corrected chi connectivity index (χ1v) is 6.78. The molecule has 0 radical (unpaired) electrons. The van der Waals surface area contributed by atoms with E-state index >= 15 is 0 Å². The lowest BCUT2D eigenvalue weighted by Crippen LogP contribution is -2.00. The van der Waals surface area contributed by atoms with Gasteiger partial charge in [0.25, 0.3) is 0 Å². The standard InChI is InChI=1S/C15H15ClN2O/c1-19-12-4-2-3-10(7-12)8-15-17-13(11-5-6-11)9-14(16)18-15/h2-4,7,9,11H,5-6,8H2,1H3. The van der Waals surface area contributed by atoms with E-state index in [2.05, 4.69) is 9.97 Å². The second-order valence-corrected chi connectivity index (χ2v) is 5.22. The average molecular weight is 275 g/mol. The average Bonchev–Trinajstić information content (AvgIpc) is 3.22. The topological polar surface area (TPSA) is 35.0 Å². The van der Waals surface area contributed by atoms with Gasteiger partial charge >= 0.3 is 0 Å². The van der Waals surface area contributed by atoms with Gasteiger partial charge in [0.15, 0.2) is 0 Å². The molecule has 0 saturated heterocycles. The molecular weight excluding hydrogens is 260 g/mol. The van der Waals surface area contributed by atoms with E-state index in [0.29, 0.717) is 17.5 Å². The molecule has 0 atom stereocenters. The molecule has 19 heavy (non-hydrogen) atoms. The fourth-order valence-electron chi connectivity index (χ4n) is 2.12. The summed E-state index contributed by atoms with van der Waals surface area (Å²) >= 11 is 6.07. The Balaban J connectivity index is 1.85. The summed E-state index contributed by atoms with van der Waals surface area (Å²) in [6, 6.07) is 9.83. The van der Waals surface area contributed by atoms with Gasteiger partial charge in [0, 0.05) is 18.0 Å². The second-order valence-electron chi connectivity index (χ2n) is 4.83. The molecule has 1 aliphatic rings. The van der Waals surface area contributed by atoms with Crippen molar-refractivity contribution in [3.63, 3.8) is 0 Å². The number of methoxy groups -OCH3 is 1. The van der Waals surface area contributed by atoms with Gasteiger partial charge in [0.1, 0.15) is 16.7 Å². The quantitative estimate of drug-likeness (QED) is 0.799. The molecule has 0 unspecified atom stereocenters. The molecular formula is C15H15ClN2O. The van der Waals surface area contributed by atoms with Gasteiger partial charge < -0.3 is 4.74 Å². The van der Waals surface area contributed by atoms with E-state index < -0.39 is 0 Å². The van der Waals surface area contributed by atoms with E-state index in [1.165, 1.54) is 12.8 Å². The molecule has 1 heterocycles. The molecule has 1 fully saturated rings. The highest BCUT2D eigenvalue weighted by atomic mass is 35.5. The summed E-state index contributed by atoms with van der Waals surface area (Å²) in [5.74, 6) is 2.22. The van der Waals surface area contributed by atoms with Crippen LogP contribution in [0.25, 0.3) is 0 Å². The van der Waals surface area contributed by atoms with Crippen LogP contribution in [0.15, 0.2) is 30.3 Å². The third kappa shape index (κ3) is 3.04. The number of nitrogens with zero attached hydrogens (tertiary/aromatic N) is 2. The molecule has 4 heteroatoms. The predicted molar refractivity (Wildman–Crippen MR) is 74.8 cm³/mol. The fraction of sp³-hybridized carbons (Fsp3) is 0.333. The Bertz CT molecular complexity index is 596. The zero-order valence-electron chi connectivity index (χ0n) is 10.8. The SMILES string of the molecule is COc1cccc(Cc2nc(Cl)cc(C3CC3)n2)c1. The molecule has 0 bridgehead atoms. The molecule has 0 amide bonds. The van der Waals surface area contributed by atoms with Crippen LogP contribution in [0.4, 0.5) is 0 Å². The van der Waals surface area contributed by atoms with Crippen LogP contribution in [0.2, 0.25) is 5.15 Å². The lowest BCUT2D eigenvalue weighted by atomic mass is 10.1. The van der Waals surface area contributed by atoms with Gasteiger partial charge in [0.2, 0.25) is 0 Å². The first kappa shape index (κ1) is 12.4. The van der Waals surface area contributed by atoms with Crippen molar-refractivity contribution in [2.45, 2.75) is 25.2 Å². The second kappa shape index (κ2) is 5.17. The van der Waals surface area contributed by atoms with Crippen molar-refractivity contribution in [2.75, 3.05) is 7.11 Å². The maximum Gasteiger partial charge on any atom is 0.134 e. The summed E-state index contributed by atoms with van der Waals surface area (Å²) in [4.78, 5) is 8.92. The van der Waals surface area contributed by atoms with Gasteiger partial charge in [-0.05, 0) is 36.6 Å². The third-order valence-corrected chi connectivity index (χ3v) is 3.45. The molecule has 2 aromatic rings. The summed E-state index contributed by atoms with van der Waals surface area (Å²) in [7, 11) is 1.67. The van der Waals surface area contributed by atoms with E-state index in [-0.39, 0.29) is 0 Å². The van der Waals surface area contributed by atoms with Crippen molar-refractivity contribution in [1.82, 2.24) is 9.97 Å². The van der Waals surface area contributed by atoms with E-state index in [0.717, 1.165) is 22.8 Å². The van der Waals surface area contributed by atoms with Crippen molar-refractivity contribution in [3.8, 4) is 5.75 Å². The summed E-state index contributed by atoms with van der Waals surface area (Å²) < 4.78 is 5.22. The molecule has 0 aliphatic heterocycles. The van der Waals surface area contributed by atoms with Crippen molar-refractivity contribution in [3.05, 3.63) is 52.6 Å². The van der Waals surface area contributed by atoms with Crippen LogP contribution in [0, 0.1) is 0 Å². The Kier molecular flexibility index (Phi) is 3.38. The molecule has 3 rings (SSSR count). The number of halogens is 1. The third-order valence-electron chi connectivity index (χ3n) is 3.25. The normalized spacial score (nSPS) is 14.4. The highest BCUT2D eigenvalue weighted by Gasteiger charge is 2.25. The molecule has 98 valence electrons. The fourth-order valence-corrected chi connectivity index (χ4v) is 2.33. The Labute approximate surface area is 117 Å². The molecule has 3 nitrogen and oxygen atoms in total. The van der Waals surface area contributed by atoms with E-state index in [4.69, 9.17) is 16.3 Å². The number of hydrogen-bond acceptors (Lipinski definition) is 3. The zero-order chi connectivity index (χ0) is 13.2. The van der Waals surface area contributed by atoms with Gasteiger partial charge in [-0.1, -0.05) is 23.7 Å². The summed E-state index contributed by atoms with van der Waals surface area (Å²) in [6.45, 7) is 0. The zero-order valence-corrected chi connectivity index (χ0v) is 11.5. The highest BCUT2D eigenvalue weighted by Crippen LogP contribution is 2.39. The van der Waals surface area contributed by atoms with Crippen LogP contribution in [-0.2, 0) is 6.42 Å². The van der Waals surface area contributed by atoms with Crippen LogP contribution < -0.4 is 4.74 Å². The lowest BCUT2D eigenvalue weighted by Gasteiger charge is -2.06. The number of aromatic nitrogens is 2. The Hall–Kier alpha value is -1.61. The van der Waals surface area contributed by atoms with Gasteiger partial charge in [0.05, 0.1) is 7.11 Å². The van der Waals surface area contributed by atoms with Crippen molar-refractivity contribution in [2.24, 2.45) is 0 Å². The van der Waals surface area contributed by atoms with Gasteiger partial charge in [-0.3, -0.25) is 0 Å². The largest absolute Gasteiger partial charge is 0.497 e. The monoisotopic (exact) mass is 274 g/mol. The minimum atomic E-state index is 0.537. The summed E-state index contributed by atoms with van der Waals surface area (Å²) in [6.07, 6.45) is 3.11. The number of rotatable bonds is 4. The lowest BCUT2D eigenvalue weighted by molar-refractivity contribution is 0.414. The molecule has 0 spiro atoms. The minimum absolute atomic E-state index is 0.537. The number of hydrogen-bond donors (Lipinski definition) is 0. The first-order valence-electron chi connectivity index (χ1n) is 6.41. The molecule has 1 aromatic carbocycles. The van der Waals surface area contributed by atoms with E-state index in [9.17, 15) is 0 Å². The van der Waals surface area contributed by atoms with Gasteiger partial charge in [-0.15, -0.1) is 0 Å². The van der Waals surface area contributed by atoms with Crippen LogP contribution in [-0.4, -0.2) is 17.1 Å². The Morgan fingerprint density at radius 2 is 2.11 bits per heavy atom. The van der Waals surface area contributed by atoms with Crippen molar-refractivity contribution in [1.29, 1.82) is 0 Å². The summed E-state index contributed by atoms with van der Waals surface area (Å²) in [5.41, 5.74) is 2.21. The summed E-state index contributed by atoms with van der Waals surface area (Å²) in [5, 5.41) is 0.537. The van der Waals surface area contributed by atoms with Crippen LogP contribution >= 0.6 is 11.6 Å². The van der Waals surface area contributed by atoms with Gasteiger partial charge in [-0.25, -0.2) is 9.97 Å². The van der Waals surface area contributed by atoms with Gasteiger partial charge in [-0.2, -0.15) is 0 Å². The molecule has 1 aromatic heterocycles. The van der Waals surface area contributed by atoms with Crippen LogP contribution in [0.3, 0.4) is 0 Å². The van der Waals surface area contributed by atoms with Crippen LogP contribution in [0.1, 0.15) is 35.8 Å². The van der Waals surface area contributed by atoms with E-state index in [1.54, 1.807) is 7.11 Å². The molecule has 1 aliphatic carbocycles. The number of benzene rings is 1. The maximum absolute atomic E-state index is 6.07. The maximum atomic E-state index is 6.07. The molecule has 1 saturated carbocycles. The van der Waals surface area contributed by atoms with Crippen molar-refractivity contribution < 1.29 is 4.74 Å². The first-order chi connectivity index (χ1) is 9.24. The van der Waals surface area contributed by atoms with E-state index in [1.807, 2.05) is 30.3 Å². The smallest absolute Gasteiger partial charge is 0.134 e. The molecule has 0 N–H and O–H groups in total. The Morgan fingerprint density at radius 1 is 1.26 bits per heavy atom.